The van der Waals surface area contributed by atoms with Gasteiger partial charge in [0.05, 0.1) is 5.69 Å². The van der Waals surface area contributed by atoms with Gasteiger partial charge in [0.25, 0.3) is 0 Å². The number of anilines is 1. The molecule has 0 atom stereocenters. The SMILES string of the molecule is CC(C)CCc1nccnc1NN. The summed E-state index contributed by atoms with van der Waals surface area (Å²) in [6.45, 7) is 4.37. The first-order valence-corrected chi connectivity index (χ1v) is 4.50. The van der Waals surface area contributed by atoms with Gasteiger partial charge in [-0.3, -0.25) is 4.98 Å². The van der Waals surface area contributed by atoms with Gasteiger partial charge in [0.1, 0.15) is 0 Å². The number of nitrogens with two attached hydrogens (primary N) is 1. The Hall–Kier alpha value is -1.16. The van der Waals surface area contributed by atoms with E-state index in [4.69, 9.17) is 5.84 Å². The number of hydrazine groups is 1. The number of hydrogen-bond donors (Lipinski definition) is 2. The lowest BCUT2D eigenvalue weighted by atomic mass is 10.1. The maximum absolute atomic E-state index is 5.30. The Kier molecular flexibility index (Phi) is 3.64. The third-order valence-electron chi connectivity index (χ3n) is 1.87. The first-order valence-electron chi connectivity index (χ1n) is 4.50. The summed E-state index contributed by atoms with van der Waals surface area (Å²) < 4.78 is 0. The van der Waals surface area contributed by atoms with E-state index in [-0.39, 0.29) is 0 Å². The molecule has 0 aliphatic carbocycles. The molecule has 3 N–H and O–H groups in total. The molecule has 0 spiro atoms. The second-order valence-electron chi connectivity index (χ2n) is 3.43. The lowest BCUT2D eigenvalue weighted by Gasteiger charge is -2.07. The fourth-order valence-corrected chi connectivity index (χ4v) is 1.10. The van der Waals surface area contributed by atoms with Crippen molar-refractivity contribution < 1.29 is 0 Å². The Labute approximate surface area is 78.6 Å². The largest absolute Gasteiger partial charge is 0.307 e. The Morgan fingerprint density at radius 3 is 2.69 bits per heavy atom. The Morgan fingerprint density at radius 2 is 2.08 bits per heavy atom. The maximum Gasteiger partial charge on any atom is 0.161 e. The van der Waals surface area contributed by atoms with Crippen LogP contribution in [0.25, 0.3) is 0 Å². The average Bonchev–Trinajstić information content (AvgIpc) is 2.15. The van der Waals surface area contributed by atoms with E-state index in [1.54, 1.807) is 12.4 Å². The number of hydrogen-bond acceptors (Lipinski definition) is 4. The molecule has 0 amide bonds. The summed E-state index contributed by atoms with van der Waals surface area (Å²) in [4.78, 5) is 8.29. The van der Waals surface area contributed by atoms with Gasteiger partial charge in [0.2, 0.25) is 0 Å². The summed E-state index contributed by atoms with van der Waals surface area (Å²) in [5.41, 5.74) is 3.49. The standard InChI is InChI=1S/C9H16N4/c1-7(2)3-4-8-9(13-10)12-6-5-11-8/h5-7H,3-4,10H2,1-2H3,(H,12,13). The first-order chi connectivity index (χ1) is 6.24. The molecule has 1 rings (SSSR count). The number of nitrogens with one attached hydrogen (secondary N) is 1. The zero-order valence-corrected chi connectivity index (χ0v) is 8.12. The van der Waals surface area contributed by atoms with Gasteiger partial charge in [0.15, 0.2) is 5.82 Å². The van der Waals surface area contributed by atoms with Crippen molar-refractivity contribution in [1.29, 1.82) is 0 Å². The normalized spacial score (nSPS) is 10.5. The average molecular weight is 180 g/mol. The van der Waals surface area contributed by atoms with Crippen molar-refractivity contribution in [2.24, 2.45) is 11.8 Å². The number of aromatic nitrogens is 2. The second-order valence-corrected chi connectivity index (χ2v) is 3.43. The molecule has 4 nitrogen and oxygen atoms in total. The van der Waals surface area contributed by atoms with Crippen LogP contribution in [0.5, 0.6) is 0 Å². The number of nitrogen functional groups attached to an aromatic ring is 1. The van der Waals surface area contributed by atoms with E-state index < -0.39 is 0 Å². The summed E-state index contributed by atoms with van der Waals surface area (Å²) in [5, 5.41) is 0. The molecule has 1 aromatic rings. The Morgan fingerprint density at radius 1 is 1.38 bits per heavy atom. The van der Waals surface area contributed by atoms with Crippen LogP contribution in [0.2, 0.25) is 0 Å². The quantitative estimate of drug-likeness (QED) is 0.542. The molecule has 0 aliphatic rings. The molecule has 0 aromatic carbocycles. The monoisotopic (exact) mass is 180 g/mol. The van der Waals surface area contributed by atoms with Crippen LogP contribution in [0.15, 0.2) is 12.4 Å². The Balaban J connectivity index is 2.64. The van der Waals surface area contributed by atoms with Crippen molar-refractivity contribution in [2.45, 2.75) is 26.7 Å². The van der Waals surface area contributed by atoms with Crippen molar-refractivity contribution in [3.63, 3.8) is 0 Å². The lowest BCUT2D eigenvalue weighted by molar-refractivity contribution is 0.581. The van der Waals surface area contributed by atoms with Gasteiger partial charge in [-0.05, 0) is 18.8 Å². The van der Waals surface area contributed by atoms with E-state index in [0.717, 1.165) is 18.5 Å². The molecule has 0 fully saturated rings. The van der Waals surface area contributed by atoms with E-state index in [1.165, 1.54) is 0 Å². The minimum Gasteiger partial charge on any atom is -0.307 e. The van der Waals surface area contributed by atoms with E-state index in [0.29, 0.717) is 11.7 Å². The summed E-state index contributed by atoms with van der Waals surface area (Å²) in [6.07, 6.45) is 5.35. The lowest BCUT2D eigenvalue weighted by Crippen LogP contribution is -2.12. The van der Waals surface area contributed by atoms with Crippen LogP contribution in [0, 0.1) is 5.92 Å². The molecule has 4 heteroatoms. The molecule has 0 unspecified atom stereocenters. The smallest absolute Gasteiger partial charge is 0.161 e. The van der Waals surface area contributed by atoms with Crippen LogP contribution in [0.1, 0.15) is 26.0 Å². The van der Waals surface area contributed by atoms with Gasteiger partial charge in [-0.2, -0.15) is 0 Å². The van der Waals surface area contributed by atoms with Gasteiger partial charge in [-0.1, -0.05) is 13.8 Å². The van der Waals surface area contributed by atoms with Crippen LogP contribution in [-0.4, -0.2) is 9.97 Å². The van der Waals surface area contributed by atoms with Gasteiger partial charge in [0, 0.05) is 12.4 Å². The van der Waals surface area contributed by atoms with Crippen LogP contribution >= 0.6 is 0 Å². The number of aryl methyl sites for hydroxylation is 1. The summed E-state index contributed by atoms with van der Waals surface area (Å²) >= 11 is 0. The fraction of sp³-hybridized carbons (Fsp3) is 0.556. The molecule has 0 saturated carbocycles. The predicted molar refractivity (Wildman–Crippen MR) is 53.0 cm³/mol. The molecule has 1 heterocycles. The molecule has 13 heavy (non-hydrogen) atoms. The first kappa shape index (κ1) is 9.92. The number of rotatable bonds is 4. The molecular weight excluding hydrogens is 164 g/mol. The molecule has 0 radical (unpaired) electrons. The second kappa shape index (κ2) is 4.77. The number of nitrogens with zero attached hydrogens (tertiary/aromatic N) is 2. The highest BCUT2D eigenvalue weighted by atomic mass is 15.3. The van der Waals surface area contributed by atoms with E-state index in [9.17, 15) is 0 Å². The van der Waals surface area contributed by atoms with Crippen LogP contribution in [-0.2, 0) is 6.42 Å². The van der Waals surface area contributed by atoms with Crippen molar-refractivity contribution in [1.82, 2.24) is 9.97 Å². The van der Waals surface area contributed by atoms with Crippen molar-refractivity contribution in [3.8, 4) is 0 Å². The third kappa shape index (κ3) is 2.99. The molecule has 0 saturated heterocycles. The molecule has 1 aromatic heterocycles. The highest BCUT2D eigenvalue weighted by molar-refractivity contribution is 5.37. The highest BCUT2D eigenvalue weighted by Gasteiger charge is 2.03. The minimum atomic E-state index is 0.674. The van der Waals surface area contributed by atoms with E-state index in [2.05, 4.69) is 29.2 Å². The van der Waals surface area contributed by atoms with Gasteiger partial charge in [-0.15, -0.1) is 0 Å². The summed E-state index contributed by atoms with van der Waals surface area (Å²) in [7, 11) is 0. The predicted octanol–water partition coefficient (Wildman–Crippen LogP) is 1.35. The Bertz CT molecular complexity index is 260. The molecular formula is C9H16N4. The summed E-state index contributed by atoms with van der Waals surface area (Å²) in [6, 6.07) is 0. The maximum atomic E-state index is 5.30. The molecule has 0 aliphatic heterocycles. The fourth-order valence-electron chi connectivity index (χ4n) is 1.10. The third-order valence-corrected chi connectivity index (χ3v) is 1.87. The van der Waals surface area contributed by atoms with E-state index in [1.807, 2.05) is 0 Å². The molecule has 0 bridgehead atoms. The van der Waals surface area contributed by atoms with Gasteiger partial charge >= 0.3 is 0 Å². The molecule has 72 valence electrons. The van der Waals surface area contributed by atoms with Crippen LogP contribution < -0.4 is 11.3 Å². The highest BCUT2D eigenvalue weighted by Crippen LogP contribution is 2.12. The zero-order chi connectivity index (χ0) is 9.68. The van der Waals surface area contributed by atoms with Crippen molar-refractivity contribution in [2.75, 3.05) is 5.43 Å². The van der Waals surface area contributed by atoms with Gasteiger partial charge in [-0.25, -0.2) is 10.8 Å². The topological polar surface area (TPSA) is 63.8 Å². The van der Waals surface area contributed by atoms with Crippen LogP contribution in [0.3, 0.4) is 0 Å². The van der Waals surface area contributed by atoms with Crippen LogP contribution in [0.4, 0.5) is 5.82 Å². The van der Waals surface area contributed by atoms with Crippen molar-refractivity contribution >= 4 is 5.82 Å². The van der Waals surface area contributed by atoms with Gasteiger partial charge < -0.3 is 5.43 Å². The van der Waals surface area contributed by atoms with Crippen molar-refractivity contribution in [3.05, 3.63) is 18.1 Å². The minimum absolute atomic E-state index is 0.674. The zero-order valence-electron chi connectivity index (χ0n) is 8.12. The summed E-state index contributed by atoms with van der Waals surface area (Å²) in [5.74, 6) is 6.66. The van der Waals surface area contributed by atoms with E-state index >= 15 is 0 Å².